The zero-order valence-electron chi connectivity index (χ0n) is 14.6. The fourth-order valence-corrected chi connectivity index (χ4v) is 4.61. The Morgan fingerprint density at radius 2 is 2.04 bits per heavy atom. The van der Waals surface area contributed by atoms with Crippen LogP contribution in [0.25, 0.3) is 0 Å². The molecule has 1 N–H and O–H groups in total. The molecule has 3 unspecified atom stereocenters. The number of carbonyl (C=O) groups is 1. The third-order valence-electron chi connectivity index (χ3n) is 5.85. The zero-order valence-corrected chi connectivity index (χ0v) is 15.4. The monoisotopic (exact) mass is 387 g/mol. The number of anilines is 1. The van der Waals surface area contributed by atoms with Crippen LogP contribution in [0.15, 0.2) is 18.2 Å². The van der Waals surface area contributed by atoms with Crippen molar-refractivity contribution in [1.29, 1.82) is 10.5 Å². The summed E-state index contributed by atoms with van der Waals surface area (Å²) in [4.78, 5) is 15.8. The molecule has 1 aliphatic carbocycles. The van der Waals surface area contributed by atoms with Crippen molar-refractivity contribution in [2.45, 2.75) is 24.7 Å². The molecule has 2 heterocycles. The van der Waals surface area contributed by atoms with Gasteiger partial charge in [0.2, 0.25) is 5.91 Å². The number of carbonyl (C=O) groups excluding carboxylic acids is 1. The molecule has 3 fully saturated rings. The largest absolute Gasteiger partial charge is 0.370 e. The molecule has 2 aliphatic heterocycles. The number of hydrogen-bond acceptors (Lipinski definition) is 5. The number of fused-ring (bicyclic) bond motifs is 1. The first-order valence-electron chi connectivity index (χ1n) is 9.03. The van der Waals surface area contributed by atoms with Gasteiger partial charge in [-0.05, 0) is 24.0 Å². The summed E-state index contributed by atoms with van der Waals surface area (Å²) in [6.45, 7) is 1.75. The molecule has 0 bridgehead atoms. The number of nitrogens with zero attached hydrogens (tertiary/aromatic N) is 4. The van der Waals surface area contributed by atoms with Gasteiger partial charge in [-0.1, -0.05) is 17.7 Å². The molecule has 8 heteroatoms. The molecular formula is C19H19ClFN5O. The predicted octanol–water partition coefficient (Wildman–Crippen LogP) is 1.70. The van der Waals surface area contributed by atoms with Crippen LogP contribution in [-0.2, 0) is 4.79 Å². The molecule has 27 heavy (non-hydrogen) atoms. The van der Waals surface area contributed by atoms with Gasteiger partial charge in [-0.25, -0.2) is 4.39 Å². The van der Waals surface area contributed by atoms with E-state index in [9.17, 15) is 14.4 Å². The third kappa shape index (κ3) is 3.22. The Labute approximate surface area is 162 Å². The van der Waals surface area contributed by atoms with Gasteiger partial charge in [0.1, 0.15) is 18.3 Å². The highest BCUT2D eigenvalue weighted by Crippen LogP contribution is 2.47. The topological polar surface area (TPSA) is 83.2 Å². The second kappa shape index (κ2) is 6.99. The SMILES string of the molecule is N#Cc1c(Cl)cccc1N1CC2C(C1)C2NCC(=O)N1C[C@@H](F)CC1C#N. The average Bonchev–Trinajstić information content (AvgIpc) is 2.99. The molecule has 0 spiro atoms. The van der Waals surface area contributed by atoms with Crippen molar-refractivity contribution >= 4 is 23.2 Å². The molecule has 1 aromatic carbocycles. The minimum atomic E-state index is -1.11. The molecule has 1 saturated carbocycles. The number of nitrogens with one attached hydrogen (secondary N) is 1. The maximum atomic E-state index is 13.5. The Morgan fingerprint density at radius 3 is 2.70 bits per heavy atom. The summed E-state index contributed by atoms with van der Waals surface area (Å²) in [6.07, 6.45) is -1.01. The molecular weight excluding hydrogens is 369 g/mol. The van der Waals surface area contributed by atoms with E-state index in [4.69, 9.17) is 16.9 Å². The molecule has 0 aromatic heterocycles. The van der Waals surface area contributed by atoms with E-state index in [0.717, 1.165) is 18.8 Å². The van der Waals surface area contributed by atoms with E-state index in [2.05, 4.69) is 16.3 Å². The van der Waals surface area contributed by atoms with E-state index in [1.165, 1.54) is 4.90 Å². The second-order valence-electron chi connectivity index (χ2n) is 7.41. The van der Waals surface area contributed by atoms with Gasteiger partial charge in [0, 0.05) is 25.6 Å². The fourth-order valence-electron chi connectivity index (χ4n) is 4.40. The van der Waals surface area contributed by atoms with Gasteiger partial charge in [-0.15, -0.1) is 0 Å². The summed E-state index contributed by atoms with van der Waals surface area (Å²) < 4.78 is 13.5. The Balaban J connectivity index is 1.30. The molecule has 0 radical (unpaired) electrons. The van der Waals surface area contributed by atoms with Crippen LogP contribution >= 0.6 is 11.6 Å². The van der Waals surface area contributed by atoms with Crippen molar-refractivity contribution in [3.05, 3.63) is 28.8 Å². The van der Waals surface area contributed by atoms with Crippen molar-refractivity contribution < 1.29 is 9.18 Å². The molecule has 140 valence electrons. The van der Waals surface area contributed by atoms with Crippen molar-refractivity contribution in [1.82, 2.24) is 10.2 Å². The smallest absolute Gasteiger partial charge is 0.237 e. The maximum Gasteiger partial charge on any atom is 0.237 e. The summed E-state index contributed by atoms with van der Waals surface area (Å²) in [5, 5.41) is 22.1. The summed E-state index contributed by atoms with van der Waals surface area (Å²) >= 11 is 6.11. The Morgan fingerprint density at radius 1 is 1.30 bits per heavy atom. The van der Waals surface area contributed by atoms with Crippen LogP contribution in [0.2, 0.25) is 5.02 Å². The minimum absolute atomic E-state index is 0.00967. The van der Waals surface area contributed by atoms with Gasteiger partial charge in [-0.2, -0.15) is 10.5 Å². The number of alkyl halides is 1. The molecule has 2 saturated heterocycles. The number of likely N-dealkylation sites (tertiary alicyclic amines) is 1. The third-order valence-corrected chi connectivity index (χ3v) is 6.16. The minimum Gasteiger partial charge on any atom is -0.370 e. The number of rotatable bonds is 4. The van der Waals surface area contributed by atoms with Crippen LogP contribution in [0.3, 0.4) is 0 Å². The number of hydrogen-bond donors (Lipinski definition) is 1. The molecule has 6 nitrogen and oxygen atoms in total. The van der Waals surface area contributed by atoms with E-state index in [1.807, 2.05) is 18.2 Å². The van der Waals surface area contributed by atoms with Crippen LogP contribution in [-0.4, -0.2) is 55.2 Å². The quantitative estimate of drug-likeness (QED) is 0.850. The first-order chi connectivity index (χ1) is 13.0. The molecule has 4 atom stereocenters. The normalized spacial score (nSPS) is 31.3. The standard InChI is InChI=1S/C19H19ClFN5O/c20-16-2-1-3-17(13(16)6-23)25-9-14-15(10-25)19(14)24-7-18(27)26-8-11(21)4-12(26)5-22/h1-3,11-12,14-15,19,24H,4,7-10H2/t11-,12?,14?,15?,19?/m0/s1. The summed E-state index contributed by atoms with van der Waals surface area (Å²) in [7, 11) is 0. The number of piperidine rings is 1. The maximum absolute atomic E-state index is 13.5. The lowest BCUT2D eigenvalue weighted by Crippen LogP contribution is -2.43. The Bertz CT molecular complexity index is 837. The summed E-state index contributed by atoms with van der Waals surface area (Å²) in [5.74, 6) is 0.621. The lowest BCUT2D eigenvalue weighted by atomic mass is 10.1. The van der Waals surface area contributed by atoms with Crippen LogP contribution in [0.5, 0.6) is 0 Å². The summed E-state index contributed by atoms with van der Waals surface area (Å²) in [6, 6.07) is 9.23. The van der Waals surface area contributed by atoms with Gasteiger partial charge >= 0.3 is 0 Å². The van der Waals surface area contributed by atoms with E-state index in [-0.39, 0.29) is 31.5 Å². The zero-order chi connectivity index (χ0) is 19.1. The van der Waals surface area contributed by atoms with Crippen molar-refractivity contribution in [3.8, 4) is 12.1 Å². The predicted molar refractivity (Wildman–Crippen MR) is 97.8 cm³/mol. The highest BCUT2D eigenvalue weighted by Gasteiger charge is 2.56. The van der Waals surface area contributed by atoms with Crippen molar-refractivity contribution in [2.75, 3.05) is 31.1 Å². The van der Waals surface area contributed by atoms with E-state index < -0.39 is 12.2 Å². The molecule has 4 rings (SSSR count). The number of halogens is 2. The van der Waals surface area contributed by atoms with Gasteiger partial charge in [-0.3, -0.25) is 4.79 Å². The first-order valence-corrected chi connectivity index (χ1v) is 9.41. The van der Waals surface area contributed by atoms with Crippen LogP contribution in [0, 0.1) is 34.5 Å². The van der Waals surface area contributed by atoms with Gasteiger partial charge in [0.05, 0.1) is 35.4 Å². The number of amides is 1. The highest BCUT2D eigenvalue weighted by molar-refractivity contribution is 6.32. The van der Waals surface area contributed by atoms with Gasteiger partial charge in [0.25, 0.3) is 0 Å². The summed E-state index contributed by atoms with van der Waals surface area (Å²) in [5.41, 5.74) is 1.35. The fraction of sp³-hybridized carbons (Fsp3) is 0.526. The lowest BCUT2D eigenvalue weighted by molar-refractivity contribution is -0.130. The van der Waals surface area contributed by atoms with E-state index >= 15 is 0 Å². The molecule has 1 amide bonds. The van der Waals surface area contributed by atoms with Crippen LogP contribution in [0.1, 0.15) is 12.0 Å². The number of nitriles is 2. The first kappa shape index (κ1) is 18.0. The Kier molecular flexibility index (Phi) is 4.67. The average molecular weight is 388 g/mol. The van der Waals surface area contributed by atoms with Gasteiger partial charge < -0.3 is 15.1 Å². The van der Waals surface area contributed by atoms with E-state index in [0.29, 0.717) is 22.4 Å². The van der Waals surface area contributed by atoms with Crippen LogP contribution < -0.4 is 10.2 Å². The van der Waals surface area contributed by atoms with E-state index in [1.54, 1.807) is 6.07 Å². The van der Waals surface area contributed by atoms with Crippen LogP contribution in [0.4, 0.5) is 10.1 Å². The lowest BCUT2D eigenvalue weighted by Gasteiger charge is -2.24. The van der Waals surface area contributed by atoms with Crippen molar-refractivity contribution in [2.24, 2.45) is 11.8 Å². The number of benzene rings is 1. The highest BCUT2D eigenvalue weighted by atomic mass is 35.5. The second-order valence-corrected chi connectivity index (χ2v) is 7.82. The van der Waals surface area contributed by atoms with Gasteiger partial charge in [0.15, 0.2) is 0 Å². The Hall–Kier alpha value is -2.35. The molecule has 1 aromatic rings. The van der Waals surface area contributed by atoms with Crippen molar-refractivity contribution in [3.63, 3.8) is 0 Å². The molecule has 3 aliphatic rings.